The molecule has 7 heteroatoms. The highest BCUT2D eigenvalue weighted by atomic mass is 79.9. The number of nitrogen functional groups attached to an aromatic ring is 1. The van der Waals surface area contributed by atoms with Gasteiger partial charge >= 0.3 is 0 Å². The summed E-state index contributed by atoms with van der Waals surface area (Å²) < 4.78 is 12.5. The van der Waals surface area contributed by atoms with E-state index in [9.17, 15) is 0 Å². The first-order valence-electron chi connectivity index (χ1n) is 6.68. The zero-order chi connectivity index (χ0) is 16.6. The highest BCUT2D eigenvalue weighted by Crippen LogP contribution is 2.39. The van der Waals surface area contributed by atoms with Gasteiger partial charge in [-0.25, -0.2) is 9.97 Å². The number of nitrogens with two attached hydrogens (primary N) is 1. The van der Waals surface area contributed by atoms with E-state index in [1.54, 1.807) is 20.3 Å². The fourth-order valence-electron chi connectivity index (χ4n) is 2.37. The standard InChI is InChI=1S/C16H13Br2N3O2/c1-22-12-6-9-11(7-13(12)23-2)20-16(19)21-15(9)8-4-3-5-10(17)14(8)18/h3-7H,1-2H3,(H2,19,20,21). The maximum atomic E-state index is 5.89. The summed E-state index contributed by atoms with van der Waals surface area (Å²) in [7, 11) is 3.18. The number of aromatic nitrogens is 2. The molecular weight excluding hydrogens is 426 g/mol. The fourth-order valence-corrected chi connectivity index (χ4v) is 3.18. The van der Waals surface area contributed by atoms with Crippen LogP contribution in [-0.2, 0) is 0 Å². The normalized spacial score (nSPS) is 10.8. The third kappa shape index (κ3) is 2.86. The van der Waals surface area contributed by atoms with Gasteiger partial charge in [-0.3, -0.25) is 0 Å². The Labute approximate surface area is 150 Å². The zero-order valence-corrected chi connectivity index (χ0v) is 15.6. The minimum Gasteiger partial charge on any atom is -0.493 e. The Hall–Kier alpha value is -1.86. The van der Waals surface area contributed by atoms with Crippen molar-refractivity contribution in [2.24, 2.45) is 0 Å². The molecule has 2 aromatic carbocycles. The lowest BCUT2D eigenvalue weighted by atomic mass is 10.1. The lowest BCUT2D eigenvalue weighted by molar-refractivity contribution is 0.356. The molecule has 23 heavy (non-hydrogen) atoms. The molecule has 0 aliphatic carbocycles. The van der Waals surface area contributed by atoms with Gasteiger partial charge in [0.05, 0.1) is 25.4 Å². The van der Waals surface area contributed by atoms with Crippen LogP contribution >= 0.6 is 31.9 Å². The molecule has 0 fully saturated rings. The molecule has 118 valence electrons. The SMILES string of the molecule is COc1cc2nc(N)nc(-c3cccc(Br)c3Br)c2cc1OC. The Balaban J connectivity index is 2.38. The molecule has 3 rings (SSSR count). The molecule has 0 aliphatic rings. The summed E-state index contributed by atoms with van der Waals surface area (Å²) >= 11 is 7.10. The molecule has 0 saturated heterocycles. The first kappa shape index (κ1) is 16.0. The van der Waals surface area contributed by atoms with Gasteiger partial charge in [0.2, 0.25) is 5.95 Å². The summed E-state index contributed by atoms with van der Waals surface area (Å²) in [6.07, 6.45) is 0. The molecule has 2 N–H and O–H groups in total. The number of halogens is 2. The van der Waals surface area contributed by atoms with Gasteiger partial charge < -0.3 is 15.2 Å². The van der Waals surface area contributed by atoms with Crippen molar-refractivity contribution >= 4 is 48.7 Å². The Morgan fingerprint density at radius 3 is 2.39 bits per heavy atom. The lowest BCUT2D eigenvalue weighted by Crippen LogP contribution is -2.00. The second-order valence-corrected chi connectivity index (χ2v) is 6.40. The number of rotatable bonds is 3. The second kappa shape index (κ2) is 6.33. The zero-order valence-electron chi connectivity index (χ0n) is 12.4. The molecule has 1 aromatic heterocycles. The molecule has 0 radical (unpaired) electrons. The van der Waals surface area contributed by atoms with Crippen LogP contribution in [0.15, 0.2) is 39.3 Å². The largest absolute Gasteiger partial charge is 0.493 e. The van der Waals surface area contributed by atoms with Crippen molar-refractivity contribution in [2.75, 3.05) is 20.0 Å². The van der Waals surface area contributed by atoms with E-state index in [0.717, 1.165) is 25.6 Å². The number of methoxy groups -OCH3 is 2. The van der Waals surface area contributed by atoms with E-state index in [0.29, 0.717) is 17.0 Å². The van der Waals surface area contributed by atoms with Crippen LogP contribution in [0.1, 0.15) is 0 Å². The Morgan fingerprint density at radius 2 is 1.70 bits per heavy atom. The Bertz CT molecular complexity index is 900. The summed E-state index contributed by atoms with van der Waals surface area (Å²) in [6.45, 7) is 0. The topological polar surface area (TPSA) is 70.3 Å². The molecule has 1 heterocycles. The molecule has 0 amide bonds. The lowest BCUT2D eigenvalue weighted by Gasteiger charge is -2.13. The van der Waals surface area contributed by atoms with Crippen molar-refractivity contribution in [3.63, 3.8) is 0 Å². The predicted octanol–water partition coefficient (Wildman–Crippen LogP) is 4.42. The smallest absolute Gasteiger partial charge is 0.221 e. The van der Waals surface area contributed by atoms with E-state index in [-0.39, 0.29) is 5.95 Å². The number of hydrogen-bond acceptors (Lipinski definition) is 5. The quantitative estimate of drug-likeness (QED) is 0.655. The van der Waals surface area contributed by atoms with Crippen molar-refractivity contribution in [1.82, 2.24) is 9.97 Å². The molecular formula is C16H13Br2N3O2. The highest BCUT2D eigenvalue weighted by molar-refractivity contribution is 9.13. The van der Waals surface area contributed by atoms with Crippen LogP contribution in [0.5, 0.6) is 11.5 Å². The first-order chi connectivity index (χ1) is 11.0. The summed E-state index contributed by atoms with van der Waals surface area (Å²) in [5.41, 5.74) is 8.21. The van der Waals surface area contributed by atoms with E-state index in [1.165, 1.54) is 0 Å². The highest BCUT2D eigenvalue weighted by Gasteiger charge is 2.16. The van der Waals surface area contributed by atoms with Gasteiger partial charge in [-0.15, -0.1) is 0 Å². The average Bonchev–Trinajstić information content (AvgIpc) is 2.55. The number of fused-ring (bicyclic) bond motifs is 1. The van der Waals surface area contributed by atoms with Gasteiger partial charge in [0.1, 0.15) is 0 Å². The summed E-state index contributed by atoms with van der Waals surface area (Å²) in [5, 5.41) is 0.829. The predicted molar refractivity (Wildman–Crippen MR) is 97.9 cm³/mol. The second-order valence-electron chi connectivity index (χ2n) is 4.76. The van der Waals surface area contributed by atoms with Crippen molar-refractivity contribution in [2.45, 2.75) is 0 Å². The minimum absolute atomic E-state index is 0.201. The van der Waals surface area contributed by atoms with Crippen molar-refractivity contribution in [3.8, 4) is 22.8 Å². The van der Waals surface area contributed by atoms with Crippen molar-refractivity contribution in [3.05, 3.63) is 39.3 Å². The Kier molecular flexibility index (Phi) is 4.41. The van der Waals surface area contributed by atoms with E-state index >= 15 is 0 Å². The molecule has 0 aliphatic heterocycles. The molecule has 0 unspecified atom stereocenters. The number of anilines is 1. The number of ether oxygens (including phenoxy) is 2. The fraction of sp³-hybridized carbons (Fsp3) is 0.125. The van der Waals surface area contributed by atoms with Crippen LogP contribution in [0, 0.1) is 0 Å². The van der Waals surface area contributed by atoms with Crippen LogP contribution < -0.4 is 15.2 Å². The van der Waals surface area contributed by atoms with E-state index in [4.69, 9.17) is 15.2 Å². The summed E-state index contributed by atoms with van der Waals surface area (Å²) in [6, 6.07) is 9.50. The molecule has 0 atom stereocenters. The van der Waals surface area contributed by atoms with E-state index in [1.807, 2.05) is 24.3 Å². The molecule has 0 spiro atoms. The van der Waals surface area contributed by atoms with Gasteiger partial charge in [0, 0.05) is 26.0 Å². The van der Waals surface area contributed by atoms with Crippen LogP contribution in [0.2, 0.25) is 0 Å². The maximum absolute atomic E-state index is 5.89. The van der Waals surface area contributed by atoms with Gasteiger partial charge in [-0.1, -0.05) is 12.1 Å². The molecule has 0 saturated carbocycles. The van der Waals surface area contributed by atoms with E-state index in [2.05, 4.69) is 41.8 Å². The van der Waals surface area contributed by atoms with Crippen LogP contribution in [0.3, 0.4) is 0 Å². The van der Waals surface area contributed by atoms with Crippen molar-refractivity contribution < 1.29 is 9.47 Å². The van der Waals surface area contributed by atoms with Crippen LogP contribution in [0.25, 0.3) is 22.2 Å². The van der Waals surface area contributed by atoms with Gasteiger partial charge in [0.25, 0.3) is 0 Å². The molecule has 5 nitrogen and oxygen atoms in total. The number of nitrogens with zero attached hydrogens (tertiary/aromatic N) is 2. The minimum atomic E-state index is 0.201. The van der Waals surface area contributed by atoms with E-state index < -0.39 is 0 Å². The number of hydrogen-bond donors (Lipinski definition) is 1. The maximum Gasteiger partial charge on any atom is 0.221 e. The average molecular weight is 439 g/mol. The van der Waals surface area contributed by atoms with Gasteiger partial charge in [0.15, 0.2) is 11.5 Å². The summed E-state index contributed by atoms with van der Waals surface area (Å²) in [4.78, 5) is 8.73. The van der Waals surface area contributed by atoms with Crippen LogP contribution in [-0.4, -0.2) is 24.2 Å². The van der Waals surface area contributed by atoms with Gasteiger partial charge in [-0.05, 0) is 44.0 Å². The monoisotopic (exact) mass is 437 g/mol. The molecule has 0 bridgehead atoms. The third-order valence-electron chi connectivity index (χ3n) is 3.43. The first-order valence-corrected chi connectivity index (χ1v) is 8.27. The number of benzene rings is 2. The van der Waals surface area contributed by atoms with Crippen molar-refractivity contribution in [1.29, 1.82) is 0 Å². The third-order valence-corrected chi connectivity index (χ3v) is 5.47. The van der Waals surface area contributed by atoms with Crippen LogP contribution in [0.4, 0.5) is 5.95 Å². The van der Waals surface area contributed by atoms with Gasteiger partial charge in [-0.2, -0.15) is 0 Å². The summed E-state index contributed by atoms with van der Waals surface area (Å²) in [5.74, 6) is 1.41. The Morgan fingerprint density at radius 1 is 1.00 bits per heavy atom. The molecule has 3 aromatic rings.